The van der Waals surface area contributed by atoms with Crippen LogP contribution in [-0.4, -0.2) is 61.0 Å². The first-order chi connectivity index (χ1) is 16.5. The maximum absolute atomic E-state index is 12.7. The van der Waals surface area contributed by atoms with Gasteiger partial charge in [0.2, 0.25) is 5.91 Å². The molecule has 11 heteroatoms. The molecule has 0 aliphatic carbocycles. The van der Waals surface area contributed by atoms with Crippen LogP contribution in [0.1, 0.15) is 29.9 Å². The van der Waals surface area contributed by atoms with Crippen LogP contribution >= 0.6 is 0 Å². The monoisotopic (exact) mass is 493 g/mol. The number of nitrogens with zero attached hydrogens (tertiary/aromatic N) is 1. The number of halogens is 3. The second kappa shape index (κ2) is 9.74. The molecule has 2 heterocycles. The lowest BCUT2D eigenvalue weighted by Crippen LogP contribution is -2.47. The van der Waals surface area contributed by atoms with E-state index in [1.807, 2.05) is 0 Å². The molecular weight excluding hydrogens is 467 g/mol. The summed E-state index contributed by atoms with van der Waals surface area (Å²) < 4.78 is 50.1. The van der Waals surface area contributed by atoms with Crippen molar-refractivity contribution in [2.45, 2.75) is 43.2 Å². The number of benzene rings is 2. The lowest BCUT2D eigenvalue weighted by molar-refractivity contribution is -0.147. The van der Waals surface area contributed by atoms with Crippen molar-refractivity contribution in [3.8, 4) is 5.75 Å². The molecule has 8 nitrogen and oxygen atoms in total. The second-order valence-corrected chi connectivity index (χ2v) is 8.80. The summed E-state index contributed by atoms with van der Waals surface area (Å²) in [4.78, 5) is 26.1. The zero-order chi connectivity index (χ0) is 25.3. The molecule has 2 aromatic carbocycles. The van der Waals surface area contributed by atoms with Gasteiger partial charge in [0, 0.05) is 37.0 Å². The fourth-order valence-electron chi connectivity index (χ4n) is 4.38. The summed E-state index contributed by atoms with van der Waals surface area (Å²) in [6.07, 6.45) is -5.18. The Hall–Kier alpha value is -3.31. The third-order valence-corrected chi connectivity index (χ3v) is 6.13. The van der Waals surface area contributed by atoms with Gasteiger partial charge in [-0.3, -0.25) is 4.79 Å². The summed E-state index contributed by atoms with van der Waals surface area (Å²) >= 11 is 0. The molecule has 2 aliphatic rings. The number of urea groups is 1. The number of nitrogens with one attached hydrogen (secondary N) is 2. The van der Waals surface area contributed by atoms with Crippen molar-refractivity contribution in [3.63, 3.8) is 0 Å². The normalized spacial score (nSPS) is 23.0. The number of anilines is 2. The number of aliphatic hydroxyl groups is 1. The molecule has 0 saturated carbocycles. The van der Waals surface area contributed by atoms with Gasteiger partial charge in [-0.25, -0.2) is 4.79 Å². The van der Waals surface area contributed by atoms with E-state index in [2.05, 4.69) is 10.6 Å². The number of aliphatic hydroxyl groups excluding tert-OH is 1. The quantitative estimate of drug-likeness (QED) is 0.588. The standard InChI is InChI=1S/C24H26F3N3O5/c1-30(2)21(32)11-16-10-18-17-9-15(7-8-19(17)35-22(18)20(12-31)34-16)29-23(33)28-14-5-3-13(4-6-14)24(25,26)27/h3-9,16,18,20,22,31H,10-12H2,1-2H3,(H2,28,29,33)/t16-,18-,20+,22+/m1/s1. The molecule has 188 valence electrons. The first-order valence-corrected chi connectivity index (χ1v) is 11.1. The van der Waals surface area contributed by atoms with Crippen molar-refractivity contribution in [2.75, 3.05) is 31.3 Å². The van der Waals surface area contributed by atoms with Crippen LogP contribution in [-0.2, 0) is 15.7 Å². The number of carbonyl (C=O) groups excluding carboxylic acids is 2. The van der Waals surface area contributed by atoms with Gasteiger partial charge >= 0.3 is 12.2 Å². The molecule has 3 N–H and O–H groups in total. The van der Waals surface area contributed by atoms with Crippen LogP contribution in [0, 0.1) is 0 Å². The predicted molar refractivity (Wildman–Crippen MR) is 121 cm³/mol. The highest BCUT2D eigenvalue weighted by Gasteiger charge is 2.46. The topological polar surface area (TPSA) is 100 Å². The number of carbonyl (C=O) groups is 2. The number of hydrogen-bond acceptors (Lipinski definition) is 5. The van der Waals surface area contributed by atoms with E-state index >= 15 is 0 Å². The Bertz CT molecular complexity index is 1090. The SMILES string of the molecule is CN(C)C(=O)C[C@H]1C[C@@H]2c3cc(NC(=O)Nc4ccc(C(F)(F)F)cc4)ccc3O[C@@H]2[C@H](CO)O1. The molecule has 0 unspecified atom stereocenters. The van der Waals surface area contributed by atoms with Gasteiger partial charge in [-0.05, 0) is 48.9 Å². The van der Waals surface area contributed by atoms with Gasteiger partial charge in [0.05, 0.1) is 24.7 Å². The van der Waals surface area contributed by atoms with Crippen LogP contribution in [0.3, 0.4) is 0 Å². The summed E-state index contributed by atoms with van der Waals surface area (Å²) in [5.41, 5.74) is 0.695. The molecule has 1 saturated heterocycles. The Morgan fingerprint density at radius 1 is 1.09 bits per heavy atom. The van der Waals surface area contributed by atoms with Gasteiger partial charge in [0.15, 0.2) is 0 Å². The Kier molecular flexibility index (Phi) is 6.91. The second-order valence-electron chi connectivity index (χ2n) is 8.80. The molecule has 0 bridgehead atoms. The fraction of sp³-hybridized carbons (Fsp3) is 0.417. The van der Waals surface area contributed by atoms with Gasteiger partial charge in [0.1, 0.15) is 18.0 Å². The number of alkyl halides is 3. The zero-order valence-corrected chi connectivity index (χ0v) is 19.1. The summed E-state index contributed by atoms with van der Waals surface area (Å²) in [6.45, 7) is -0.261. The highest BCUT2D eigenvalue weighted by Crippen LogP contribution is 2.47. The minimum absolute atomic E-state index is 0.0837. The molecule has 1 fully saturated rings. The molecule has 2 aliphatic heterocycles. The highest BCUT2D eigenvalue weighted by molar-refractivity contribution is 5.99. The van der Waals surface area contributed by atoms with Crippen molar-refractivity contribution in [1.29, 1.82) is 0 Å². The van der Waals surface area contributed by atoms with Crippen LogP contribution < -0.4 is 15.4 Å². The number of hydrogen-bond donors (Lipinski definition) is 3. The minimum Gasteiger partial charge on any atom is -0.487 e. The van der Waals surface area contributed by atoms with Crippen molar-refractivity contribution in [2.24, 2.45) is 0 Å². The maximum atomic E-state index is 12.7. The van der Waals surface area contributed by atoms with Gasteiger partial charge in [-0.1, -0.05) is 0 Å². The maximum Gasteiger partial charge on any atom is 0.416 e. The Labute approximate surface area is 200 Å². The molecule has 4 rings (SSSR count). The number of rotatable bonds is 5. The first-order valence-electron chi connectivity index (χ1n) is 11.1. The van der Waals surface area contributed by atoms with E-state index in [1.165, 1.54) is 17.0 Å². The first kappa shape index (κ1) is 24.8. The third-order valence-electron chi connectivity index (χ3n) is 6.13. The molecule has 0 radical (unpaired) electrons. The average molecular weight is 493 g/mol. The molecule has 4 atom stereocenters. The van der Waals surface area contributed by atoms with Crippen molar-refractivity contribution in [1.82, 2.24) is 4.90 Å². The van der Waals surface area contributed by atoms with E-state index in [0.29, 0.717) is 17.9 Å². The van der Waals surface area contributed by atoms with Crippen molar-refractivity contribution < 1.29 is 37.3 Å². The molecule has 35 heavy (non-hydrogen) atoms. The van der Waals surface area contributed by atoms with E-state index in [0.717, 1.165) is 17.7 Å². The van der Waals surface area contributed by atoms with E-state index < -0.39 is 36.1 Å². The highest BCUT2D eigenvalue weighted by atomic mass is 19.4. The van der Waals surface area contributed by atoms with E-state index in [-0.39, 0.29) is 30.5 Å². The van der Waals surface area contributed by atoms with Gasteiger partial charge < -0.3 is 30.1 Å². The Balaban J connectivity index is 1.45. The summed E-state index contributed by atoms with van der Waals surface area (Å²) in [5, 5.41) is 15.0. The van der Waals surface area contributed by atoms with Crippen LogP contribution in [0.4, 0.5) is 29.3 Å². The molecular formula is C24H26F3N3O5. The summed E-state index contributed by atoms with van der Waals surface area (Å²) in [6, 6.07) is 8.63. The van der Waals surface area contributed by atoms with Crippen molar-refractivity contribution in [3.05, 3.63) is 53.6 Å². The lowest BCUT2D eigenvalue weighted by atomic mass is 9.84. The van der Waals surface area contributed by atoms with Gasteiger partial charge in [0.25, 0.3) is 0 Å². The van der Waals surface area contributed by atoms with Gasteiger partial charge in [-0.15, -0.1) is 0 Å². The van der Waals surface area contributed by atoms with Crippen molar-refractivity contribution >= 4 is 23.3 Å². The van der Waals surface area contributed by atoms with Gasteiger partial charge in [-0.2, -0.15) is 13.2 Å². The smallest absolute Gasteiger partial charge is 0.416 e. The Morgan fingerprint density at radius 3 is 2.37 bits per heavy atom. The number of ether oxygens (including phenoxy) is 2. The summed E-state index contributed by atoms with van der Waals surface area (Å²) in [7, 11) is 3.33. The molecule has 0 spiro atoms. The van der Waals surface area contributed by atoms with E-state index in [9.17, 15) is 27.9 Å². The number of amides is 3. The number of fused-ring (bicyclic) bond motifs is 3. The zero-order valence-electron chi connectivity index (χ0n) is 19.1. The largest absolute Gasteiger partial charge is 0.487 e. The lowest BCUT2D eigenvalue weighted by Gasteiger charge is -2.37. The van der Waals surface area contributed by atoms with Crippen LogP contribution in [0.15, 0.2) is 42.5 Å². The predicted octanol–water partition coefficient (Wildman–Crippen LogP) is 3.82. The van der Waals surface area contributed by atoms with E-state index in [1.54, 1.807) is 32.3 Å². The average Bonchev–Trinajstić information content (AvgIpc) is 3.16. The molecule has 2 aromatic rings. The fourth-order valence-corrected chi connectivity index (χ4v) is 4.38. The third kappa shape index (κ3) is 5.51. The minimum atomic E-state index is -4.46. The molecule has 3 amide bonds. The summed E-state index contributed by atoms with van der Waals surface area (Å²) in [5.74, 6) is 0.380. The molecule has 0 aromatic heterocycles. The van der Waals surface area contributed by atoms with Crippen LogP contribution in [0.2, 0.25) is 0 Å². The van der Waals surface area contributed by atoms with Crippen LogP contribution in [0.25, 0.3) is 0 Å². The van der Waals surface area contributed by atoms with Crippen LogP contribution in [0.5, 0.6) is 5.75 Å². The Morgan fingerprint density at radius 2 is 1.74 bits per heavy atom. The van der Waals surface area contributed by atoms with E-state index in [4.69, 9.17) is 9.47 Å².